The summed E-state index contributed by atoms with van der Waals surface area (Å²) in [6.45, 7) is 1.26. The van der Waals surface area contributed by atoms with E-state index in [1.54, 1.807) is 0 Å². The Balaban J connectivity index is 3.57. The molecule has 0 spiro atoms. The van der Waals surface area contributed by atoms with Gasteiger partial charge in [0.2, 0.25) is 10.0 Å². The summed E-state index contributed by atoms with van der Waals surface area (Å²) in [5.74, 6) is -2.50. The molecule has 15 heavy (non-hydrogen) atoms. The highest BCUT2D eigenvalue weighted by Crippen LogP contribution is 2.18. The predicted molar refractivity (Wildman–Crippen MR) is 49.5 cm³/mol. The van der Waals surface area contributed by atoms with Crippen molar-refractivity contribution < 1.29 is 22.7 Å². The van der Waals surface area contributed by atoms with Crippen LogP contribution in [-0.2, 0) is 10.0 Å². The molecular formula is C8H8FNO4S. The van der Waals surface area contributed by atoms with E-state index in [1.807, 2.05) is 0 Å². The number of rotatable bonds is 2. The van der Waals surface area contributed by atoms with Crippen molar-refractivity contribution in [3.05, 3.63) is 29.1 Å². The largest absolute Gasteiger partial charge is 0.478 e. The third kappa shape index (κ3) is 2.31. The molecule has 0 heterocycles. The minimum Gasteiger partial charge on any atom is -0.478 e. The maximum atomic E-state index is 13.2. The fraction of sp³-hybridized carbons (Fsp3) is 0.125. The molecule has 1 aromatic carbocycles. The minimum atomic E-state index is -4.03. The van der Waals surface area contributed by atoms with Gasteiger partial charge in [-0.2, -0.15) is 0 Å². The number of nitrogens with two attached hydrogens (primary N) is 1. The summed E-state index contributed by atoms with van der Waals surface area (Å²) >= 11 is 0. The number of aryl methyl sites for hydroxylation is 1. The van der Waals surface area contributed by atoms with E-state index in [2.05, 4.69) is 0 Å². The minimum absolute atomic E-state index is 0.0843. The lowest BCUT2D eigenvalue weighted by Gasteiger charge is -2.04. The third-order valence-electron chi connectivity index (χ3n) is 1.79. The standard InChI is InChI=1S/C8H8FNO4S/c1-4-2-5(15(10,13)14)3-6(7(4)9)8(11)12/h2-3H,1H3,(H,11,12)(H2,10,13,14). The SMILES string of the molecule is Cc1cc(S(N)(=O)=O)cc(C(=O)O)c1F. The Morgan fingerprint density at radius 3 is 2.40 bits per heavy atom. The molecule has 0 aromatic heterocycles. The fourth-order valence-electron chi connectivity index (χ4n) is 1.06. The second-order valence-electron chi connectivity index (χ2n) is 2.95. The summed E-state index contributed by atoms with van der Waals surface area (Å²) in [6, 6.07) is 1.68. The van der Waals surface area contributed by atoms with Crippen LogP contribution >= 0.6 is 0 Å². The van der Waals surface area contributed by atoms with E-state index >= 15 is 0 Å². The van der Waals surface area contributed by atoms with Gasteiger partial charge in [0.15, 0.2) is 0 Å². The number of carbonyl (C=O) groups is 1. The highest BCUT2D eigenvalue weighted by Gasteiger charge is 2.18. The highest BCUT2D eigenvalue weighted by atomic mass is 32.2. The molecule has 0 aliphatic heterocycles. The molecule has 0 bridgehead atoms. The molecule has 3 N–H and O–H groups in total. The number of hydrogen-bond donors (Lipinski definition) is 2. The van der Waals surface area contributed by atoms with Crippen LogP contribution in [0.15, 0.2) is 17.0 Å². The average Bonchev–Trinajstić information content (AvgIpc) is 2.06. The second kappa shape index (κ2) is 3.59. The van der Waals surface area contributed by atoms with Crippen molar-refractivity contribution in [1.29, 1.82) is 0 Å². The number of aromatic carboxylic acids is 1. The van der Waals surface area contributed by atoms with Crippen LogP contribution in [-0.4, -0.2) is 19.5 Å². The van der Waals surface area contributed by atoms with Gasteiger partial charge in [-0.3, -0.25) is 0 Å². The topological polar surface area (TPSA) is 97.5 Å². The van der Waals surface area contributed by atoms with Gasteiger partial charge in [-0.1, -0.05) is 0 Å². The summed E-state index contributed by atoms with van der Waals surface area (Å²) in [6.07, 6.45) is 0. The van der Waals surface area contributed by atoms with Gasteiger partial charge in [-0.05, 0) is 24.6 Å². The normalized spacial score (nSPS) is 11.4. The van der Waals surface area contributed by atoms with Gasteiger partial charge in [-0.25, -0.2) is 22.7 Å². The first-order chi connectivity index (χ1) is 6.73. The molecule has 0 saturated carbocycles. The lowest BCUT2D eigenvalue weighted by molar-refractivity contribution is 0.0691. The predicted octanol–water partition coefficient (Wildman–Crippen LogP) is 0.480. The molecule has 1 rings (SSSR count). The van der Waals surface area contributed by atoms with Crippen LogP contribution in [0.4, 0.5) is 4.39 Å². The molecule has 0 unspecified atom stereocenters. The zero-order valence-corrected chi connectivity index (χ0v) is 8.51. The van der Waals surface area contributed by atoms with Crippen molar-refractivity contribution >= 4 is 16.0 Å². The Bertz CT molecular complexity index is 524. The van der Waals surface area contributed by atoms with Gasteiger partial charge in [0.05, 0.1) is 10.5 Å². The first kappa shape index (κ1) is 11.6. The van der Waals surface area contributed by atoms with Crippen LogP contribution in [0, 0.1) is 12.7 Å². The lowest BCUT2D eigenvalue weighted by atomic mass is 10.1. The number of benzene rings is 1. The van der Waals surface area contributed by atoms with Crippen LogP contribution < -0.4 is 5.14 Å². The maximum Gasteiger partial charge on any atom is 0.338 e. The summed E-state index contributed by atoms with van der Waals surface area (Å²) in [5, 5.41) is 13.4. The highest BCUT2D eigenvalue weighted by molar-refractivity contribution is 7.89. The van der Waals surface area contributed by atoms with E-state index in [1.165, 1.54) is 6.92 Å². The van der Waals surface area contributed by atoms with Crippen LogP contribution in [0.5, 0.6) is 0 Å². The monoisotopic (exact) mass is 233 g/mol. The molecule has 1 aromatic rings. The molecule has 0 fully saturated rings. The van der Waals surface area contributed by atoms with Gasteiger partial charge >= 0.3 is 5.97 Å². The molecule has 82 valence electrons. The quantitative estimate of drug-likeness (QED) is 0.776. The van der Waals surface area contributed by atoms with E-state index in [9.17, 15) is 17.6 Å². The van der Waals surface area contributed by atoms with Crippen molar-refractivity contribution in [2.75, 3.05) is 0 Å². The van der Waals surface area contributed by atoms with E-state index in [-0.39, 0.29) is 5.56 Å². The molecule has 0 aliphatic rings. The zero-order valence-electron chi connectivity index (χ0n) is 7.69. The van der Waals surface area contributed by atoms with Crippen LogP contribution in [0.25, 0.3) is 0 Å². The van der Waals surface area contributed by atoms with Crippen LogP contribution in [0.3, 0.4) is 0 Å². The van der Waals surface area contributed by atoms with Gasteiger partial charge in [-0.15, -0.1) is 0 Å². The fourth-order valence-corrected chi connectivity index (χ4v) is 1.68. The number of carboxylic acid groups (broad SMARTS) is 1. The average molecular weight is 233 g/mol. The van der Waals surface area contributed by atoms with Crippen molar-refractivity contribution in [2.24, 2.45) is 5.14 Å². The molecule has 0 saturated heterocycles. The first-order valence-electron chi connectivity index (χ1n) is 3.79. The molecular weight excluding hydrogens is 225 g/mol. The van der Waals surface area contributed by atoms with Crippen molar-refractivity contribution in [3.8, 4) is 0 Å². The Morgan fingerprint density at radius 2 is 2.00 bits per heavy atom. The Morgan fingerprint density at radius 1 is 1.47 bits per heavy atom. The Labute approximate surface area is 85.4 Å². The van der Waals surface area contributed by atoms with Gasteiger partial charge in [0.25, 0.3) is 0 Å². The summed E-state index contributed by atoms with van der Waals surface area (Å²) in [7, 11) is -4.03. The Hall–Kier alpha value is -1.47. The summed E-state index contributed by atoms with van der Waals surface area (Å²) in [5.41, 5.74) is -0.794. The summed E-state index contributed by atoms with van der Waals surface area (Å²) in [4.78, 5) is 10.2. The van der Waals surface area contributed by atoms with E-state index in [4.69, 9.17) is 10.2 Å². The molecule has 0 radical (unpaired) electrons. The molecule has 5 nitrogen and oxygen atoms in total. The van der Waals surface area contributed by atoms with Crippen LogP contribution in [0.1, 0.15) is 15.9 Å². The lowest BCUT2D eigenvalue weighted by Crippen LogP contribution is -2.14. The van der Waals surface area contributed by atoms with Gasteiger partial charge in [0.1, 0.15) is 5.82 Å². The van der Waals surface area contributed by atoms with Gasteiger partial charge in [0, 0.05) is 0 Å². The van der Waals surface area contributed by atoms with Crippen molar-refractivity contribution in [2.45, 2.75) is 11.8 Å². The van der Waals surface area contributed by atoms with E-state index in [0.717, 1.165) is 6.07 Å². The van der Waals surface area contributed by atoms with E-state index < -0.39 is 32.3 Å². The number of carboxylic acids is 1. The number of primary sulfonamides is 1. The van der Waals surface area contributed by atoms with E-state index in [0.29, 0.717) is 6.07 Å². The number of hydrogen-bond acceptors (Lipinski definition) is 3. The molecule has 0 atom stereocenters. The third-order valence-corrected chi connectivity index (χ3v) is 2.68. The zero-order chi connectivity index (χ0) is 11.8. The van der Waals surface area contributed by atoms with Gasteiger partial charge < -0.3 is 5.11 Å². The van der Waals surface area contributed by atoms with Crippen molar-refractivity contribution in [3.63, 3.8) is 0 Å². The Kier molecular flexibility index (Phi) is 2.78. The smallest absolute Gasteiger partial charge is 0.338 e. The summed E-state index contributed by atoms with van der Waals surface area (Å²) < 4.78 is 35.1. The molecule has 7 heteroatoms. The second-order valence-corrected chi connectivity index (χ2v) is 4.51. The van der Waals surface area contributed by atoms with Crippen LogP contribution in [0.2, 0.25) is 0 Å². The number of halogens is 1. The number of sulfonamides is 1. The maximum absolute atomic E-state index is 13.2. The van der Waals surface area contributed by atoms with Crippen molar-refractivity contribution in [1.82, 2.24) is 0 Å². The first-order valence-corrected chi connectivity index (χ1v) is 5.34. The molecule has 0 aliphatic carbocycles. The molecule has 0 amide bonds.